The molecule has 0 aromatic heterocycles. The van der Waals surface area contributed by atoms with Crippen LogP contribution in [0.25, 0.3) is 0 Å². The average molecular weight is 431 g/mol. The van der Waals surface area contributed by atoms with Gasteiger partial charge in [0.05, 0.1) is 0 Å². The Morgan fingerprint density at radius 2 is 1.83 bits per heavy atom. The first kappa shape index (κ1) is 23.7. The maximum absolute atomic E-state index is 13.1. The van der Waals surface area contributed by atoms with E-state index in [9.17, 15) is 9.59 Å². The first-order valence-electron chi connectivity index (χ1n) is 10.2. The molecule has 0 bridgehead atoms. The van der Waals surface area contributed by atoms with Gasteiger partial charge in [0.1, 0.15) is 11.8 Å². The van der Waals surface area contributed by atoms with Gasteiger partial charge >= 0.3 is 0 Å². The molecule has 0 spiro atoms. The zero-order valence-electron chi connectivity index (χ0n) is 18.4. The molecule has 0 aliphatic carbocycles. The lowest BCUT2D eigenvalue weighted by Crippen LogP contribution is -2.49. The van der Waals surface area contributed by atoms with E-state index in [4.69, 9.17) is 16.3 Å². The summed E-state index contributed by atoms with van der Waals surface area (Å²) >= 11 is 6.09. The first-order chi connectivity index (χ1) is 14.1. The van der Waals surface area contributed by atoms with Gasteiger partial charge in [0.25, 0.3) is 5.91 Å². The lowest BCUT2D eigenvalue weighted by atomic mass is 9.86. The smallest absolute Gasteiger partial charge is 0.261 e. The van der Waals surface area contributed by atoms with Crippen LogP contribution in [0, 0.1) is 0 Å². The van der Waals surface area contributed by atoms with Crippen LogP contribution in [0.4, 0.5) is 0 Å². The lowest BCUT2D eigenvalue weighted by Gasteiger charge is -2.29. The summed E-state index contributed by atoms with van der Waals surface area (Å²) in [6.45, 7) is 10.5. The summed E-state index contributed by atoms with van der Waals surface area (Å²) in [5, 5.41) is 3.37. The van der Waals surface area contributed by atoms with Crippen molar-refractivity contribution in [1.29, 1.82) is 0 Å². The minimum atomic E-state index is -0.641. The van der Waals surface area contributed by atoms with Crippen LogP contribution < -0.4 is 10.1 Å². The molecule has 2 rings (SSSR count). The molecule has 0 aliphatic heterocycles. The van der Waals surface area contributed by atoms with Crippen LogP contribution in [0.1, 0.15) is 45.7 Å². The van der Waals surface area contributed by atoms with Crippen LogP contribution in [0.2, 0.25) is 5.02 Å². The molecule has 1 atom stereocenters. The van der Waals surface area contributed by atoms with Gasteiger partial charge in [-0.15, -0.1) is 0 Å². The van der Waals surface area contributed by atoms with Gasteiger partial charge in [-0.05, 0) is 48.6 Å². The molecular formula is C24H31ClN2O3. The van der Waals surface area contributed by atoms with E-state index >= 15 is 0 Å². The fraction of sp³-hybridized carbons (Fsp3) is 0.417. The van der Waals surface area contributed by atoms with Gasteiger partial charge in [-0.1, -0.05) is 62.7 Å². The molecule has 1 N–H and O–H groups in total. The standard InChI is InChI=1S/C24H31ClN2O3/c1-6-26-23(29)17(2)27(15-18-10-9-11-19(25)14-18)22(28)16-30-21-13-8-7-12-20(21)24(3,4)5/h7-14,17H,6,15-16H2,1-5H3,(H,26,29). The third-order valence-electron chi connectivity index (χ3n) is 4.81. The molecule has 2 amide bonds. The zero-order chi connectivity index (χ0) is 22.3. The fourth-order valence-corrected chi connectivity index (χ4v) is 3.38. The molecule has 2 aromatic carbocycles. The van der Waals surface area contributed by atoms with Gasteiger partial charge in [-0.25, -0.2) is 0 Å². The zero-order valence-corrected chi connectivity index (χ0v) is 19.1. The Bertz CT molecular complexity index is 877. The number of carbonyl (C=O) groups excluding carboxylic acids is 2. The van der Waals surface area contributed by atoms with Crippen LogP contribution in [0.15, 0.2) is 48.5 Å². The SMILES string of the molecule is CCNC(=O)C(C)N(Cc1cccc(Cl)c1)C(=O)COc1ccccc1C(C)(C)C. The van der Waals surface area contributed by atoms with Gasteiger partial charge in [0.2, 0.25) is 5.91 Å². The second-order valence-electron chi connectivity index (χ2n) is 8.26. The van der Waals surface area contributed by atoms with Crippen LogP contribution in [0.5, 0.6) is 5.75 Å². The van der Waals surface area contributed by atoms with Crippen LogP contribution in [-0.4, -0.2) is 35.9 Å². The summed E-state index contributed by atoms with van der Waals surface area (Å²) < 4.78 is 5.91. The highest BCUT2D eigenvalue weighted by Crippen LogP contribution is 2.31. The van der Waals surface area contributed by atoms with E-state index in [-0.39, 0.29) is 30.4 Å². The lowest BCUT2D eigenvalue weighted by molar-refractivity contribution is -0.142. The van der Waals surface area contributed by atoms with E-state index in [1.165, 1.54) is 4.90 Å². The predicted molar refractivity (Wildman–Crippen MR) is 121 cm³/mol. The van der Waals surface area contributed by atoms with Crippen molar-refractivity contribution in [1.82, 2.24) is 10.2 Å². The van der Waals surface area contributed by atoms with Crippen LogP contribution in [-0.2, 0) is 21.5 Å². The quantitative estimate of drug-likeness (QED) is 0.667. The number of amides is 2. The highest BCUT2D eigenvalue weighted by Gasteiger charge is 2.27. The highest BCUT2D eigenvalue weighted by atomic mass is 35.5. The number of ether oxygens (including phenoxy) is 1. The topological polar surface area (TPSA) is 58.6 Å². The number of hydrogen-bond donors (Lipinski definition) is 1. The molecule has 30 heavy (non-hydrogen) atoms. The normalized spacial score (nSPS) is 12.2. The van der Waals surface area contributed by atoms with Gasteiger partial charge < -0.3 is 15.0 Å². The molecule has 0 saturated carbocycles. The third-order valence-corrected chi connectivity index (χ3v) is 5.04. The van der Waals surface area contributed by atoms with Crippen molar-refractivity contribution in [3.63, 3.8) is 0 Å². The van der Waals surface area contributed by atoms with Crippen molar-refractivity contribution in [2.24, 2.45) is 0 Å². The van der Waals surface area contributed by atoms with Crippen molar-refractivity contribution >= 4 is 23.4 Å². The minimum Gasteiger partial charge on any atom is -0.483 e. The molecule has 2 aromatic rings. The summed E-state index contributed by atoms with van der Waals surface area (Å²) in [6, 6.07) is 14.3. The van der Waals surface area contributed by atoms with Crippen LogP contribution >= 0.6 is 11.6 Å². The van der Waals surface area contributed by atoms with E-state index in [2.05, 4.69) is 26.1 Å². The Labute approximate surface area is 184 Å². The molecular weight excluding hydrogens is 400 g/mol. The van der Waals surface area contributed by atoms with Gasteiger partial charge in [-0.2, -0.15) is 0 Å². The number of benzene rings is 2. The minimum absolute atomic E-state index is 0.117. The largest absolute Gasteiger partial charge is 0.483 e. The van der Waals surface area contributed by atoms with E-state index in [0.717, 1.165) is 11.1 Å². The maximum Gasteiger partial charge on any atom is 0.261 e. The molecule has 6 heteroatoms. The molecule has 162 valence electrons. The third kappa shape index (κ3) is 6.49. The van der Waals surface area contributed by atoms with Gasteiger partial charge in [0.15, 0.2) is 6.61 Å². The Morgan fingerprint density at radius 3 is 2.47 bits per heavy atom. The first-order valence-corrected chi connectivity index (χ1v) is 10.5. The monoisotopic (exact) mass is 430 g/mol. The second-order valence-corrected chi connectivity index (χ2v) is 8.69. The van der Waals surface area contributed by atoms with Gasteiger partial charge in [-0.3, -0.25) is 9.59 Å². The number of carbonyl (C=O) groups is 2. The summed E-state index contributed by atoms with van der Waals surface area (Å²) in [6.07, 6.45) is 0. The molecule has 0 heterocycles. The van der Waals surface area contributed by atoms with Crippen molar-refractivity contribution in [2.75, 3.05) is 13.2 Å². The molecule has 0 fully saturated rings. The van der Waals surface area contributed by atoms with E-state index in [1.54, 1.807) is 19.1 Å². The number of rotatable bonds is 8. The Kier molecular flexibility index (Phi) is 8.30. The second kappa shape index (κ2) is 10.5. The predicted octanol–water partition coefficient (Wildman–Crippen LogP) is 4.57. The van der Waals surface area contributed by atoms with Gasteiger partial charge in [0, 0.05) is 18.1 Å². The Hall–Kier alpha value is -2.53. The van der Waals surface area contributed by atoms with Crippen molar-refractivity contribution in [3.8, 4) is 5.75 Å². The van der Waals surface area contributed by atoms with E-state index in [1.807, 2.05) is 43.3 Å². The Balaban J connectivity index is 2.21. The summed E-state index contributed by atoms with van der Waals surface area (Å²) in [5.74, 6) is 0.201. The van der Waals surface area contributed by atoms with E-state index in [0.29, 0.717) is 17.3 Å². The van der Waals surface area contributed by atoms with Crippen molar-refractivity contribution in [2.45, 2.75) is 52.6 Å². The van der Waals surface area contributed by atoms with Crippen LogP contribution in [0.3, 0.4) is 0 Å². The number of nitrogens with zero attached hydrogens (tertiary/aromatic N) is 1. The molecule has 0 saturated heterocycles. The maximum atomic E-state index is 13.1. The summed E-state index contributed by atoms with van der Waals surface area (Å²) in [4.78, 5) is 27.1. The molecule has 5 nitrogen and oxygen atoms in total. The fourth-order valence-electron chi connectivity index (χ4n) is 3.17. The number of likely N-dealkylation sites (N-methyl/N-ethyl adjacent to an activating group) is 1. The van der Waals surface area contributed by atoms with Crippen molar-refractivity contribution < 1.29 is 14.3 Å². The summed E-state index contributed by atoms with van der Waals surface area (Å²) in [5.41, 5.74) is 1.76. The molecule has 0 aliphatic rings. The number of halogens is 1. The van der Waals surface area contributed by atoms with E-state index < -0.39 is 6.04 Å². The highest BCUT2D eigenvalue weighted by molar-refractivity contribution is 6.30. The number of hydrogen-bond acceptors (Lipinski definition) is 3. The summed E-state index contributed by atoms with van der Waals surface area (Å²) in [7, 11) is 0. The average Bonchev–Trinajstić information content (AvgIpc) is 2.69. The molecule has 1 unspecified atom stereocenters. The Morgan fingerprint density at radius 1 is 1.13 bits per heavy atom. The van der Waals surface area contributed by atoms with Crippen molar-refractivity contribution in [3.05, 3.63) is 64.7 Å². The number of nitrogens with one attached hydrogen (secondary N) is 1. The molecule has 0 radical (unpaired) electrons. The number of para-hydroxylation sites is 1.